The van der Waals surface area contributed by atoms with Crippen LogP contribution in [0.15, 0.2) is 23.1 Å². The molecule has 29 heavy (non-hydrogen) atoms. The number of pyridine rings is 1. The lowest BCUT2D eigenvalue weighted by Gasteiger charge is -2.13. The van der Waals surface area contributed by atoms with Gasteiger partial charge in [-0.1, -0.05) is 19.9 Å². The van der Waals surface area contributed by atoms with Crippen molar-refractivity contribution >= 4 is 36.3 Å². The number of anilines is 2. The van der Waals surface area contributed by atoms with Crippen molar-refractivity contribution in [1.29, 1.82) is 0 Å². The van der Waals surface area contributed by atoms with E-state index < -0.39 is 7.92 Å². The minimum atomic E-state index is -0.474. The van der Waals surface area contributed by atoms with Gasteiger partial charge in [0.2, 0.25) is 0 Å². The molecule has 3 heterocycles. The second-order valence-electron chi connectivity index (χ2n) is 7.08. The summed E-state index contributed by atoms with van der Waals surface area (Å²) in [4.78, 5) is 31.0. The number of aromatic nitrogens is 5. The predicted octanol–water partition coefficient (Wildman–Crippen LogP) is 1.27. The molecule has 0 aromatic carbocycles. The van der Waals surface area contributed by atoms with Gasteiger partial charge in [-0.05, 0) is 46.0 Å². The number of likely N-dealkylation sites (N-methyl/N-ethyl adjacent to an activating group) is 1. The standard InChI is InChI=1S/C19H29N8OP/c1-5-29(6-2)18-24-16(20)15-17(25-18)27(19(28)23-15)12-13-7-8-14(22-11-13)21-9-10-26(3)4/h7-8,11H,5-6,9-10,12H2,1-4H3,(H,21,22)(H,23,28)(H2,20,24,25). The van der Waals surface area contributed by atoms with Crippen LogP contribution in [-0.2, 0) is 6.54 Å². The Morgan fingerprint density at radius 1 is 1.24 bits per heavy atom. The fraction of sp³-hybridized carbons (Fsp3) is 0.474. The number of imidazole rings is 1. The van der Waals surface area contributed by atoms with Gasteiger partial charge in [-0.25, -0.2) is 19.7 Å². The number of rotatable bonds is 9. The molecule has 0 amide bonds. The number of nitrogens with one attached hydrogen (secondary N) is 2. The molecule has 156 valence electrons. The first kappa shape index (κ1) is 21.2. The lowest BCUT2D eigenvalue weighted by molar-refractivity contribution is 0.425. The second kappa shape index (κ2) is 9.33. The molecule has 0 bridgehead atoms. The first-order chi connectivity index (χ1) is 13.9. The first-order valence-electron chi connectivity index (χ1n) is 9.77. The number of aromatic amines is 1. The minimum absolute atomic E-state index is 0.247. The normalized spacial score (nSPS) is 11.7. The van der Waals surface area contributed by atoms with Crippen LogP contribution >= 0.6 is 7.92 Å². The van der Waals surface area contributed by atoms with Crippen molar-refractivity contribution < 1.29 is 0 Å². The van der Waals surface area contributed by atoms with E-state index in [1.165, 1.54) is 0 Å². The van der Waals surface area contributed by atoms with Gasteiger partial charge in [0.25, 0.3) is 0 Å². The van der Waals surface area contributed by atoms with Crippen LogP contribution in [0.1, 0.15) is 19.4 Å². The Balaban J connectivity index is 1.86. The Morgan fingerprint density at radius 2 is 2.00 bits per heavy atom. The Bertz CT molecular complexity index is 1010. The zero-order chi connectivity index (χ0) is 21.0. The maximum Gasteiger partial charge on any atom is 0.328 e. The summed E-state index contributed by atoms with van der Waals surface area (Å²) in [5.74, 6) is 1.14. The van der Waals surface area contributed by atoms with Gasteiger partial charge in [0.05, 0.1) is 6.54 Å². The highest BCUT2D eigenvalue weighted by molar-refractivity contribution is 7.65. The van der Waals surface area contributed by atoms with Gasteiger partial charge in [0.1, 0.15) is 11.3 Å². The minimum Gasteiger partial charge on any atom is -0.382 e. The average Bonchev–Trinajstić information content (AvgIpc) is 3.00. The number of nitrogen functional groups attached to an aromatic ring is 1. The summed E-state index contributed by atoms with van der Waals surface area (Å²) in [6.45, 7) is 6.37. The molecule has 0 aliphatic rings. The van der Waals surface area contributed by atoms with Gasteiger partial charge in [-0.2, -0.15) is 0 Å². The molecule has 10 heteroatoms. The van der Waals surface area contributed by atoms with Gasteiger partial charge < -0.3 is 20.9 Å². The average molecular weight is 416 g/mol. The molecule has 9 nitrogen and oxygen atoms in total. The Kier molecular flexibility index (Phi) is 6.82. The third-order valence-corrected chi connectivity index (χ3v) is 7.01. The molecule has 0 spiro atoms. The van der Waals surface area contributed by atoms with Crippen LogP contribution in [0.25, 0.3) is 11.2 Å². The molecule has 4 N–H and O–H groups in total. The van der Waals surface area contributed by atoms with Crippen molar-refractivity contribution in [3.05, 3.63) is 34.4 Å². The van der Waals surface area contributed by atoms with E-state index in [0.29, 0.717) is 23.5 Å². The Hall–Kier alpha value is -2.51. The second-order valence-corrected chi connectivity index (χ2v) is 9.82. The summed E-state index contributed by atoms with van der Waals surface area (Å²) in [5.41, 5.74) is 8.59. The molecule has 3 aromatic heterocycles. The van der Waals surface area contributed by atoms with Crippen LogP contribution in [0.5, 0.6) is 0 Å². The molecule has 0 fully saturated rings. The third kappa shape index (κ3) is 4.92. The van der Waals surface area contributed by atoms with Gasteiger partial charge in [-0.3, -0.25) is 4.57 Å². The van der Waals surface area contributed by atoms with Crippen LogP contribution in [-0.4, -0.2) is 68.9 Å². The van der Waals surface area contributed by atoms with E-state index in [2.05, 4.69) is 39.0 Å². The highest BCUT2D eigenvalue weighted by atomic mass is 31.1. The predicted molar refractivity (Wildman–Crippen MR) is 121 cm³/mol. The number of nitrogens with zero attached hydrogens (tertiary/aromatic N) is 5. The highest BCUT2D eigenvalue weighted by Crippen LogP contribution is 2.32. The molecule has 0 aliphatic carbocycles. The smallest absolute Gasteiger partial charge is 0.328 e. The number of hydrogen-bond acceptors (Lipinski definition) is 7. The molecule has 3 rings (SSSR count). The Morgan fingerprint density at radius 3 is 2.62 bits per heavy atom. The Labute approximate surface area is 171 Å². The van der Waals surface area contributed by atoms with Crippen LogP contribution < -0.4 is 22.3 Å². The quantitative estimate of drug-likeness (QED) is 0.450. The fourth-order valence-electron chi connectivity index (χ4n) is 3.05. The summed E-state index contributed by atoms with van der Waals surface area (Å²) in [7, 11) is 3.59. The third-order valence-electron chi connectivity index (χ3n) is 4.72. The van der Waals surface area contributed by atoms with Crippen molar-refractivity contribution in [1.82, 2.24) is 29.4 Å². The molecule has 0 aliphatic heterocycles. The van der Waals surface area contributed by atoms with Crippen molar-refractivity contribution in [2.75, 3.05) is 50.6 Å². The SMILES string of the molecule is CCP(CC)c1nc(N)c2[nH]c(=O)n(Cc3ccc(NCCN(C)C)nc3)c2n1. The zero-order valence-corrected chi connectivity index (χ0v) is 18.3. The fourth-order valence-corrected chi connectivity index (χ4v) is 4.55. The summed E-state index contributed by atoms with van der Waals surface area (Å²) in [6, 6.07) is 3.89. The van der Waals surface area contributed by atoms with Crippen LogP contribution in [0.3, 0.4) is 0 Å². The lowest BCUT2D eigenvalue weighted by Crippen LogP contribution is -2.21. The maximum atomic E-state index is 12.5. The highest BCUT2D eigenvalue weighted by Gasteiger charge is 2.17. The molecule has 0 atom stereocenters. The largest absolute Gasteiger partial charge is 0.382 e. The number of nitrogens with two attached hydrogens (primary N) is 1. The van der Waals surface area contributed by atoms with Gasteiger partial charge >= 0.3 is 5.69 Å². The van der Waals surface area contributed by atoms with E-state index in [9.17, 15) is 4.79 Å². The monoisotopic (exact) mass is 416 g/mol. The van der Waals surface area contributed by atoms with Crippen molar-refractivity contribution in [2.45, 2.75) is 20.4 Å². The summed E-state index contributed by atoms with van der Waals surface area (Å²) >= 11 is 0. The van der Waals surface area contributed by atoms with Crippen molar-refractivity contribution in [3.8, 4) is 0 Å². The van der Waals surface area contributed by atoms with E-state index in [-0.39, 0.29) is 5.69 Å². The van der Waals surface area contributed by atoms with Crippen LogP contribution in [0.4, 0.5) is 11.6 Å². The molecule has 3 aromatic rings. The first-order valence-corrected chi connectivity index (χ1v) is 11.5. The van der Waals surface area contributed by atoms with E-state index in [4.69, 9.17) is 10.7 Å². The number of fused-ring (bicyclic) bond motifs is 1. The summed E-state index contributed by atoms with van der Waals surface area (Å²) in [5, 5.41) is 3.28. The zero-order valence-electron chi connectivity index (χ0n) is 17.4. The molecular formula is C19H29N8OP. The van der Waals surface area contributed by atoms with Gasteiger partial charge in [0, 0.05) is 19.3 Å². The molecule has 0 saturated heterocycles. The number of hydrogen-bond donors (Lipinski definition) is 3. The summed E-state index contributed by atoms with van der Waals surface area (Å²) < 4.78 is 1.60. The molecule has 0 unspecified atom stereocenters. The van der Waals surface area contributed by atoms with E-state index in [1.54, 1.807) is 10.8 Å². The van der Waals surface area contributed by atoms with Crippen LogP contribution in [0.2, 0.25) is 0 Å². The van der Waals surface area contributed by atoms with Crippen molar-refractivity contribution in [2.24, 2.45) is 0 Å². The van der Waals surface area contributed by atoms with E-state index >= 15 is 0 Å². The van der Waals surface area contributed by atoms with Crippen molar-refractivity contribution in [3.63, 3.8) is 0 Å². The molecule has 0 radical (unpaired) electrons. The maximum absolute atomic E-state index is 12.5. The van der Waals surface area contributed by atoms with E-state index in [1.807, 2.05) is 26.2 Å². The van der Waals surface area contributed by atoms with Gasteiger partial charge in [-0.15, -0.1) is 0 Å². The lowest BCUT2D eigenvalue weighted by atomic mass is 10.3. The molecular weight excluding hydrogens is 387 g/mol. The number of H-pyrrole nitrogens is 1. The molecule has 0 saturated carbocycles. The van der Waals surface area contributed by atoms with Gasteiger partial charge in [0.15, 0.2) is 17.0 Å². The van der Waals surface area contributed by atoms with Crippen LogP contribution in [0, 0.1) is 0 Å². The van der Waals surface area contributed by atoms with E-state index in [0.717, 1.165) is 42.4 Å². The summed E-state index contributed by atoms with van der Waals surface area (Å²) in [6.07, 6.45) is 3.75. The topological polar surface area (TPSA) is 118 Å².